The molecule has 0 unspecified atom stereocenters. The summed E-state index contributed by atoms with van der Waals surface area (Å²) in [5.74, 6) is -1.47. The summed E-state index contributed by atoms with van der Waals surface area (Å²) >= 11 is 0. The molecule has 8 nitrogen and oxygen atoms in total. The molecule has 9 heteroatoms. The highest BCUT2D eigenvalue weighted by Crippen LogP contribution is 2.21. The fourth-order valence-corrected chi connectivity index (χ4v) is 3.30. The fourth-order valence-electron chi connectivity index (χ4n) is 2.40. The smallest absolute Gasteiger partial charge is 0.327 e. The predicted octanol–water partition coefficient (Wildman–Crippen LogP) is 1.81. The number of hydrogen-bond acceptors (Lipinski definition) is 6. The minimum atomic E-state index is -3.73. The molecule has 28 heavy (non-hydrogen) atoms. The van der Waals surface area contributed by atoms with Crippen LogP contribution in [0.15, 0.2) is 48.5 Å². The normalized spacial score (nSPS) is 10.6. The average Bonchev–Trinajstić information content (AvgIpc) is 2.64. The maximum atomic E-state index is 12.1. The quantitative estimate of drug-likeness (QED) is 0.707. The zero-order chi connectivity index (χ0) is 20.7. The maximum absolute atomic E-state index is 12.1. The molecule has 0 bridgehead atoms. The van der Waals surface area contributed by atoms with Crippen LogP contribution in [0.3, 0.4) is 0 Å². The molecule has 0 spiro atoms. The van der Waals surface area contributed by atoms with Gasteiger partial charge in [-0.05, 0) is 36.8 Å². The number of ether oxygens (including phenoxy) is 1. The van der Waals surface area contributed by atoms with Gasteiger partial charge < -0.3 is 10.1 Å². The summed E-state index contributed by atoms with van der Waals surface area (Å²) in [5, 5.41) is 11.3. The Hall–Kier alpha value is -3.38. The summed E-state index contributed by atoms with van der Waals surface area (Å²) in [6, 6.07) is 14.9. The number of carbonyl (C=O) groups excluding carboxylic acids is 2. The number of carbonyl (C=O) groups is 2. The van der Waals surface area contributed by atoms with Gasteiger partial charge in [-0.2, -0.15) is 5.26 Å². The Balaban J connectivity index is 1.98. The van der Waals surface area contributed by atoms with E-state index in [1.54, 1.807) is 49.4 Å². The Morgan fingerprint density at radius 2 is 1.89 bits per heavy atom. The second kappa shape index (κ2) is 9.01. The highest BCUT2D eigenvalue weighted by atomic mass is 32.2. The van der Waals surface area contributed by atoms with Gasteiger partial charge in [0.05, 0.1) is 23.6 Å². The number of aryl methyl sites for hydroxylation is 1. The van der Waals surface area contributed by atoms with Crippen molar-refractivity contribution in [3.8, 4) is 6.07 Å². The number of amides is 1. The molecule has 0 heterocycles. The number of benzene rings is 2. The van der Waals surface area contributed by atoms with Gasteiger partial charge in [0.15, 0.2) is 6.61 Å². The number of nitrogens with zero attached hydrogens (tertiary/aromatic N) is 2. The van der Waals surface area contributed by atoms with Gasteiger partial charge in [0, 0.05) is 5.69 Å². The van der Waals surface area contributed by atoms with Gasteiger partial charge in [0.25, 0.3) is 5.91 Å². The second-order valence-corrected chi connectivity index (χ2v) is 7.86. The first kappa shape index (κ1) is 20.9. The van der Waals surface area contributed by atoms with Crippen LogP contribution in [-0.2, 0) is 24.3 Å². The molecule has 0 aliphatic heterocycles. The van der Waals surface area contributed by atoms with Crippen molar-refractivity contribution in [3.05, 3.63) is 59.7 Å². The monoisotopic (exact) mass is 401 g/mol. The van der Waals surface area contributed by atoms with E-state index in [1.165, 1.54) is 6.07 Å². The van der Waals surface area contributed by atoms with Crippen LogP contribution >= 0.6 is 0 Å². The predicted molar refractivity (Wildman–Crippen MR) is 104 cm³/mol. The molecule has 0 aromatic heterocycles. The van der Waals surface area contributed by atoms with Crippen LogP contribution in [-0.4, -0.2) is 39.7 Å². The van der Waals surface area contributed by atoms with Gasteiger partial charge >= 0.3 is 5.97 Å². The molecule has 0 radical (unpaired) electrons. The standard InChI is InChI=1S/C19H19N3O5S/c1-14-6-3-4-9-17(14)22(28(2,25)26)12-19(24)27-13-18(23)21-16-8-5-7-15(10-16)11-20/h3-10H,12-13H2,1-2H3,(H,21,23). The average molecular weight is 401 g/mol. The van der Waals surface area contributed by atoms with Crippen molar-refractivity contribution < 1.29 is 22.7 Å². The third-order valence-corrected chi connectivity index (χ3v) is 4.82. The van der Waals surface area contributed by atoms with E-state index in [0.29, 0.717) is 22.5 Å². The van der Waals surface area contributed by atoms with Crippen LogP contribution in [0.25, 0.3) is 0 Å². The summed E-state index contributed by atoms with van der Waals surface area (Å²) in [5.41, 5.74) is 1.80. The van der Waals surface area contributed by atoms with Crippen molar-refractivity contribution >= 4 is 33.3 Å². The van der Waals surface area contributed by atoms with Crippen LogP contribution in [0.4, 0.5) is 11.4 Å². The number of anilines is 2. The summed E-state index contributed by atoms with van der Waals surface area (Å²) in [4.78, 5) is 24.0. The Labute approximate surface area is 163 Å². The van der Waals surface area contributed by atoms with Crippen molar-refractivity contribution in [3.63, 3.8) is 0 Å². The van der Waals surface area contributed by atoms with Crippen molar-refractivity contribution in [2.24, 2.45) is 0 Å². The first-order valence-corrected chi connectivity index (χ1v) is 10.0. The van der Waals surface area contributed by atoms with Crippen LogP contribution in [0.1, 0.15) is 11.1 Å². The van der Waals surface area contributed by atoms with E-state index in [4.69, 9.17) is 10.00 Å². The van der Waals surface area contributed by atoms with Crippen molar-refractivity contribution in [2.75, 3.05) is 29.0 Å². The van der Waals surface area contributed by atoms with Gasteiger partial charge in [0.1, 0.15) is 6.54 Å². The molecule has 0 aliphatic carbocycles. The SMILES string of the molecule is Cc1ccccc1N(CC(=O)OCC(=O)Nc1cccc(C#N)c1)S(C)(=O)=O. The zero-order valence-electron chi connectivity index (χ0n) is 15.4. The molecule has 0 aliphatic rings. The lowest BCUT2D eigenvalue weighted by Crippen LogP contribution is -2.37. The van der Waals surface area contributed by atoms with E-state index in [9.17, 15) is 18.0 Å². The largest absolute Gasteiger partial charge is 0.454 e. The number of esters is 1. The number of nitrogens with one attached hydrogen (secondary N) is 1. The third kappa shape index (κ3) is 5.82. The highest BCUT2D eigenvalue weighted by Gasteiger charge is 2.23. The van der Waals surface area contributed by atoms with E-state index in [0.717, 1.165) is 10.6 Å². The van der Waals surface area contributed by atoms with Crippen LogP contribution in [0.5, 0.6) is 0 Å². The fraction of sp³-hybridized carbons (Fsp3) is 0.211. The minimum absolute atomic E-state index is 0.361. The number of nitriles is 1. The summed E-state index contributed by atoms with van der Waals surface area (Å²) in [6.07, 6.45) is 0.988. The second-order valence-electron chi connectivity index (χ2n) is 5.96. The third-order valence-electron chi connectivity index (χ3n) is 3.70. The zero-order valence-corrected chi connectivity index (χ0v) is 16.2. The van der Waals surface area contributed by atoms with Crippen LogP contribution in [0, 0.1) is 18.3 Å². The van der Waals surface area contributed by atoms with Crippen molar-refractivity contribution in [1.82, 2.24) is 0 Å². The molecule has 0 saturated heterocycles. The first-order valence-electron chi connectivity index (χ1n) is 8.19. The molecule has 2 aromatic carbocycles. The Morgan fingerprint density at radius 3 is 2.54 bits per heavy atom. The van der Waals surface area contributed by atoms with Gasteiger partial charge in [-0.1, -0.05) is 24.3 Å². The number of para-hydroxylation sites is 1. The highest BCUT2D eigenvalue weighted by molar-refractivity contribution is 7.92. The number of hydrogen-bond donors (Lipinski definition) is 1. The lowest BCUT2D eigenvalue weighted by atomic mass is 10.2. The molecule has 2 rings (SSSR count). The van der Waals surface area contributed by atoms with Crippen LogP contribution < -0.4 is 9.62 Å². The Bertz CT molecular complexity index is 1030. The molecule has 1 amide bonds. The summed E-state index contributed by atoms with van der Waals surface area (Å²) in [6.45, 7) is 0.587. The molecule has 1 N–H and O–H groups in total. The summed E-state index contributed by atoms with van der Waals surface area (Å²) in [7, 11) is -3.73. The molecule has 0 saturated carbocycles. The molecule has 0 atom stereocenters. The molecular weight excluding hydrogens is 382 g/mol. The van der Waals surface area contributed by atoms with Gasteiger partial charge in [-0.25, -0.2) is 8.42 Å². The van der Waals surface area contributed by atoms with Crippen molar-refractivity contribution in [1.29, 1.82) is 5.26 Å². The van der Waals surface area contributed by atoms with E-state index in [2.05, 4.69) is 5.32 Å². The maximum Gasteiger partial charge on any atom is 0.327 e. The van der Waals surface area contributed by atoms with Gasteiger partial charge in [-0.3, -0.25) is 13.9 Å². The van der Waals surface area contributed by atoms with E-state index < -0.39 is 35.1 Å². The molecule has 0 fully saturated rings. The lowest BCUT2D eigenvalue weighted by molar-refractivity contribution is -0.145. The van der Waals surface area contributed by atoms with Gasteiger partial charge in [0.2, 0.25) is 10.0 Å². The van der Waals surface area contributed by atoms with E-state index >= 15 is 0 Å². The lowest BCUT2D eigenvalue weighted by Gasteiger charge is -2.23. The molecular formula is C19H19N3O5S. The number of sulfonamides is 1. The Morgan fingerprint density at radius 1 is 1.18 bits per heavy atom. The minimum Gasteiger partial charge on any atom is -0.454 e. The molecule has 2 aromatic rings. The van der Waals surface area contributed by atoms with E-state index in [1.807, 2.05) is 6.07 Å². The van der Waals surface area contributed by atoms with E-state index in [-0.39, 0.29) is 0 Å². The topological polar surface area (TPSA) is 117 Å². The molecule has 146 valence electrons. The first-order chi connectivity index (χ1) is 13.2. The van der Waals surface area contributed by atoms with Gasteiger partial charge in [-0.15, -0.1) is 0 Å². The van der Waals surface area contributed by atoms with Crippen LogP contribution in [0.2, 0.25) is 0 Å². The van der Waals surface area contributed by atoms with Crippen molar-refractivity contribution in [2.45, 2.75) is 6.92 Å². The summed E-state index contributed by atoms with van der Waals surface area (Å²) < 4.78 is 30.0. The Kier molecular flexibility index (Phi) is 6.74. The number of rotatable bonds is 7.